The molecule has 0 heterocycles. The molecule has 0 bridgehead atoms. The lowest BCUT2D eigenvalue weighted by molar-refractivity contribution is -0.123. The van der Waals surface area contributed by atoms with Crippen molar-refractivity contribution in [1.29, 1.82) is 0 Å². The molecule has 2 fully saturated rings. The summed E-state index contributed by atoms with van der Waals surface area (Å²) in [4.78, 5) is 11.0. The molecule has 3 rings (SSSR count). The first-order chi connectivity index (χ1) is 5.86. The first-order valence-corrected chi connectivity index (χ1v) is 5.02. The quantitative estimate of drug-likeness (QED) is 0.427. The summed E-state index contributed by atoms with van der Waals surface area (Å²) >= 11 is 0. The van der Waals surface area contributed by atoms with Gasteiger partial charge in [0.1, 0.15) is 6.29 Å². The molecule has 0 aromatic heterocycles. The zero-order valence-corrected chi connectivity index (χ0v) is 7.25. The Balaban J connectivity index is 2.00. The standard InChI is InChI=1S/C11H14O/c12-7-11-5-4-10(11)9-3-1-2-8(9)6-11/h3,7-8,10H,1-2,4-6H2/t8-,10-,11+/m1/s1. The maximum absolute atomic E-state index is 11.0. The van der Waals surface area contributed by atoms with Gasteiger partial charge in [-0.05, 0) is 43.9 Å². The van der Waals surface area contributed by atoms with E-state index in [1.807, 2.05) is 0 Å². The molecule has 0 aromatic carbocycles. The van der Waals surface area contributed by atoms with Gasteiger partial charge in [0.25, 0.3) is 0 Å². The maximum Gasteiger partial charge on any atom is 0.126 e. The van der Waals surface area contributed by atoms with Crippen LogP contribution in [0.15, 0.2) is 11.6 Å². The topological polar surface area (TPSA) is 17.1 Å². The zero-order chi connectivity index (χ0) is 8.18. The minimum absolute atomic E-state index is 0.122. The molecule has 0 radical (unpaired) electrons. The molecule has 0 spiro atoms. The van der Waals surface area contributed by atoms with Crippen molar-refractivity contribution in [3.63, 3.8) is 0 Å². The smallest absolute Gasteiger partial charge is 0.126 e. The van der Waals surface area contributed by atoms with Crippen molar-refractivity contribution in [2.45, 2.75) is 32.1 Å². The summed E-state index contributed by atoms with van der Waals surface area (Å²) in [5.41, 5.74) is 1.77. The fourth-order valence-corrected chi connectivity index (χ4v) is 3.48. The number of aldehydes is 1. The van der Waals surface area contributed by atoms with E-state index in [2.05, 4.69) is 6.08 Å². The molecule has 1 nitrogen and oxygen atoms in total. The fraction of sp³-hybridized carbons (Fsp3) is 0.727. The number of allylic oxidation sites excluding steroid dienone is 2. The number of hydrogen-bond acceptors (Lipinski definition) is 1. The molecule has 12 heavy (non-hydrogen) atoms. The fourth-order valence-electron chi connectivity index (χ4n) is 3.48. The van der Waals surface area contributed by atoms with Gasteiger partial charge in [-0.1, -0.05) is 11.6 Å². The summed E-state index contributed by atoms with van der Waals surface area (Å²) in [5.74, 6) is 1.46. The van der Waals surface area contributed by atoms with E-state index in [-0.39, 0.29) is 5.41 Å². The molecular formula is C11H14O. The van der Waals surface area contributed by atoms with E-state index in [1.54, 1.807) is 5.57 Å². The molecule has 0 N–H and O–H groups in total. The molecule has 1 heteroatoms. The highest BCUT2D eigenvalue weighted by Crippen LogP contribution is 2.63. The number of hydrogen-bond donors (Lipinski definition) is 0. The van der Waals surface area contributed by atoms with Gasteiger partial charge in [0.2, 0.25) is 0 Å². The highest BCUT2D eigenvalue weighted by molar-refractivity contribution is 5.65. The van der Waals surface area contributed by atoms with Crippen LogP contribution in [0.5, 0.6) is 0 Å². The van der Waals surface area contributed by atoms with Crippen molar-refractivity contribution in [1.82, 2.24) is 0 Å². The van der Waals surface area contributed by atoms with Crippen molar-refractivity contribution in [3.8, 4) is 0 Å². The summed E-state index contributed by atoms with van der Waals surface area (Å²) in [7, 11) is 0. The summed E-state index contributed by atoms with van der Waals surface area (Å²) < 4.78 is 0. The first kappa shape index (κ1) is 6.88. The average molecular weight is 162 g/mol. The SMILES string of the molecule is O=C[C@@]12CC[C@@H]1C1=CCC[C@@H]1C2. The molecule has 0 aromatic rings. The lowest BCUT2D eigenvalue weighted by Crippen LogP contribution is -2.37. The Morgan fingerprint density at radius 2 is 2.42 bits per heavy atom. The first-order valence-electron chi connectivity index (χ1n) is 5.02. The summed E-state index contributed by atoms with van der Waals surface area (Å²) in [6.45, 7) is 0. The van der Waals surface area contributed by atoms with Gasteiger partial charge in [0.05, 0.1) is 0 Å². The Kier molecular flexibility index (Phi) is 1.15. The normalized spacial score (nSPS) is 49.2. The van der Waals surface area contributed by atoms with Gasteiger partial charge in [-0.3, -0.25) is 0 Å². The van der Waals surface area contributed by atoms with E-state index in [1.165, 1.54) is 32.0 Å². The third-order valence-electron chi connectivity index (χ3n) is 4.22. The summed E-state index contributed by atoms with van der Waals surface area (Å²) in [6.07, 6.45) is 9.86. The predicted molar refractivity (Wildman–Crippen MR) is 46.6 cm³/mol. The molecule has 0 unspecified atom stereocenters. The van der Waals surface area contributed by atoms with Crippen LogP contribution in [0.4, 0.5) is 0 Å². The minimum Gasteiger partial charge on any atom is -0.303 e. The number of fused-ring (bicyclic) bond motifs is 3. The summed E-state index contributed by atoms with van der Waals surface area (Å²) in [6, 6.07) is 0. The third kappa shape index (κ3) is 0.596. The van der Waals surface area contributed by atoms with Gasteiger partial charge < -0.3 is 4.79 Å². The number of carbonyl (C=O) groups excluding carboxylic acids is 1. The van der Waals surface area contributed by atoms with Crippen LogP contribution < -0.4 is 0 Å². The zero-order valence-electron chi connectivity index (χ0n) is 7.25. The van der Waals surface area contributed by atoms with Crippen molar-refractivity contribution in [2.75, 3.05) is 0 Å². The maximum atomic E-state index is 11.0. The van der Waals surface area contributed by atoms with Crippen molar-refractivity contribution in [3.05, 3.63) is 11.6 Å². The van der Waals surface area contributed by atoms with E-state index >= 15 is 0 Å². The monoisotopic (exact) mass is 162 g/mol. The van der Waals surface area contributed by atoms with Crippen LogP contribution in [0.2, 0.25) is 0 Å². The van der Waals surface area contributed by atoms with E-state index in [4.69, 9.17) is 0 Å². The van der Waals surface area contributed by atoms with Crippen LogP contribution in [0, 0.1) is 17.3 Å². The molecule has 3 aliphatic rings. The second-order valence-corrected chi connectivity index (χ2v) is 4.62. The Labute approximate surface area is 72.8 Å². The third-order valence-corrected chi connectivity index (χ3v) is 4.22. The molecule has 2 saturated carbocycles. The molecule has 0 aliphatic heterocycles. The van der Waals surface area contributed by atoms with Crippen LogP contribution in [-0.2, 0) is 4.79 Å². The van der Waals surface area contributed by atoms with Crippen LogP contribution in [-0.4, -0.2) is 6.29 Å². The van der Waals surface area contributed by atoms with Gasteiger partial charge in [0.15, 0.2) is 0 Å². The van der Waals surface area contributed by atoms with E-state index in [0.717, 1.165) is 12.3 Å². The average Bonchev–Trinajstić information content (AvgIpc) is 2.52. The minimum atomic E-state index is 0.122. The molecule has 0 amide bonds. The van der Waals surface area contributed by atoms with E-state index in [0.29, 0.717) is 5.92 Å². The van der Waals surface area contributed by atoms with E-state index in [9.17, 15) is 4.79 Å². The highest BCUT2D eigenvalue weighted by atomic mass is 16.1. The van der Waals surface area contributed by atoms with Crippen LogP contribution in [0.25, 0.3) is 0 Å². The summed E-state index contributed by atoms with van der Waals surface area (Å²) in [5, 5.41) is 0. The molecule has 64 valence electrons. The van der Waals surface area contributed by atoms with Crippen LogP contribution in [0.3, 0.4) is 0 Å². The number of rotatable bonds is 1. The van der Waals surface area contributed by atoms with Gasteiger partial charge in [0, 0.05) is 5.41 Å². The van der Waals surface area contributed by atoms with Crippen molar-refractivity contribution >= 4 is 6.29 Å². The van der Waals surface area contributed by atoms with Gasteiger partial charge in [-0.2, -0.15) is 0 Å². The van der Waals surface area contributed by atoms with E-state index < -0.39 is 0 Å². The molecule has 3 atom stereocenters. The second kappa shape index (κ2) is 2.01. The van der Waals surface area contributed by atoms with Gasteiger partial charge in [-0.15, -0.1) is 0 Å². The highest BCUT2D eigenvalue weighted by Gasteiger charge is 2.56. The predicted octanol–water partition coefficient (Wildman–Crippen LogP) is 2.32. The van der Waals surface area contributed by atoms with Crippen LogP contribution in [0.1, 0.15) is 32.1 Å². The molecule has 3 aliphatic carbocycles. The largest absolute Gasteiger partial charge is 0.303 e. The lowest BCUT2D eigenvalue weighted by atomic mass is 9.62. The second-order valence-electron chi connectivity index (χ2n) is 4.62. The Morgan fingerprint density at radius 1 is 1.50 bits per heavy atom. The van der Waals surface area contributed by atoms with Gasteiger partial charge in [-0.25, -0.2) is 0 Å². The van der Waals surface area contributed by atoms with Crippen molar-refractivity contribution in [2.24, 2.45) is 17.3 Å². The Morgan fingerprint density at radius 3 is 3.08 bits per heavy atom. The Bertz CT molecular complexity index is 266. The molecule has 0 saturated heterocycles. The lowest BCUT2D eigenvalue weighted by Gasteiger charge is -2.40. The Hall–Kier alpha value is -0.590. The number of carbonyl (C=O) groups is 1. The van der Waals surface area contributed by atoms with Crippen LogP contribution >= 0.6 is 0 Å². The molecular weight excluding hydrogens is 148 g/mol. The van der Waals surface area contributed by atoms with Gasteiger partial charge >= 0.3 is 0 Å². The van der Waals surface area contributed by atoms with Crippen molar-refractivity contribution < 1.29 is 4.79 Å².